The van der Waals surface area contributed by atoms with E-state index in [1.807, 2.05) is 13.3 Å². The average molecular weight is 167 g/mol. The predicted molar refractivity (Wildman–Crippen MR) is 56.8 cm³/mol. The van der Waals surface area contributed by atoms with Gasteiger partial charge in [-0.25, -0.2) is 0 Å². The largest absolute Gasteiger partial charge is 0.300 e. The summed E-state index contributed by atoms with van der Waals surface area (Å²) in [5, 5.41) is 0. The van der Waals surface area contributed by atoms with E-state index >= 15 is 0 Å². The van der Waals surface area contributed by atoms with Crippen LogP contribution in [-0.2, 0) is 0 Å². The van der Waals surface area contributed by atoms with Crippen molar-refractivity contribution in [2.24, 2.45) is 16.3 Å². The fraction of sp³-hybridized carbons (Fsp3) is 0.727. The molecule has 0 aromatic carbocycles. The van der Waals surface area contributed by atoms with Gasteiger partial charge in [0.1, 0.15) is 0 Å². The van der Waals surface area contributed by atoms with Crippen LogP contribution >= 0.6 is 0 Å². The molecular weight excluding hydrogens is 146 g/mol. The fourth-order valence-electron chi connectivity index (χ4n) is 1.04. The van der Waals surface area contributed by atoms with Crippen molar-refractivity contribution in [3.63, 3.8) is 0 Å². The zero-order valence-electron chi connectivity index (χ0n) is 9.18. The van der Waals surface area contributed by atoms with Gasteiger partial charge in [0, 0.05) is 19.2 Å². The lowest BCUT2D eigenvalue weighted by atomic mass is 9.80. The van der Waals surface area contributed by atoms with Crippen LogP contribution in [0.4, 0.5) is 0 Å². The van der Waals surface area contributed by atoms with Crippen LogP contribution in [0, 0.1) is 11.3 Å². The summed E-state index contributed by atoms with van der Waals surface area (Å²) in [6.45, 7) is 11.0. The molecule has 1 unspecified atom stereocenters. The van der Waals surface area contributed by atoms with Gasteiger partial charge in [-0.2, -0.15) is 0 Å². The minimum atomic E-state index is 0.275. The molecule has 0 aliphatic heterocycles. The van der Waals surface area contributed by atoms with Gasteiger partial charge in [-0.05, 0) is 19.3 Å². The van der Waals surface area contributed by atoms with Crippen molar-refractivity contribution in [1.29, 1.82) is 0 Å². The van der Waals surface area contributed by atoms with E-state index in [1.54, 1.807) is 0 Å². The number of nitrogens with zero attached hydrogens (tertiary/aromatic N) is 1. The first kappa shape index (κ1) is 11.4. The van der Waals surface area contributed by atoms with E-state index < -0.39 is 0 Å². The molecular formula is C11H21N. The average Bonchev–Trinajstić information content (AvgIpc) is 1.83. The molecule has 0 N–H and O–H groups in total. The Labute approximate surface area is 76.6 Å². The van der Waals surface area contributed by atoms with E-state index in [2.05, 4.69) is 45.7 Å². The Morgan fingerprint density at radius 2 is 1.75 bits per heavy atom. The van der Waals surface area contributed by atoms with Crippen molar-refractivity contribution in [2.75, 3.05) is 7.05 Å². The molecule has 0 bridgehead atoms. The van der Waals surface area contributed by atoms with Gasteiger partial charge in [0.05, 0.1) is 0 Å². The van der Waals surface area contributed by atoms with Crippen molar-refractivity contribution >= 4 is 6.21 Å². The van der Waals surface area contributed by atoms with Crippen LogP contribution in [0.25, 0.3) is 0 Å². The molecule has 0 aliphatic rings. The zero-order chi connectivity index (χ0) is 9.78. The molecule has 0 aromatic heterocycles. The van der Waals surface area contributed by atoms with Crippen LogP contribution in [0.2, 0.25) is 0 Å². The normalized spacial score (nSPS) is 14.8. The lowest BCUT2D eigenvalue weighted by Gasteiger charge is -2.25. The monoisotopic (exact) mass is 167 g/mol. The number of hydrogen-bond acceptors (Lipinski definition) is 1. The maximum Gasteiger partial charge on any atom is 0.0273 e. The molecule has 0 spiro atoms. The summed E-state index contributed by atoms with van der Waals surface area (Å²) in [5.74, 6) is 0.451. The summed E-state index contributed by atoms with van der Waals surface area (Å²) >= 11 is 0. The SMILES string of the molecule is CN=CC(C=C(C)C)C(C)(C)C. The van der Waals surface area contributed by atoms with E-state index in [0.29, 0.717) is 5.92 Å². The molecule has 1 heteroatoms. The Kier molecular flexibility index (Phi) is 4.22. The van der Waals surface area contributed by atoms with E-state index in [9.17, 15) is 0 Å². The van der Waals surface area contributed by atoms with Crippen molar-refractivity contribution < 1.29 is 0 Å². The Morgan fingerprint density at radius 3 is 2.00 bits per heavy atom. The summed E-state index contributed by atoms with van der Waals surface area (Å²) in [7, 11) is 1.83. The van der Waals surface area contributed by atoms with Crippen LogP contribution in [-0.4, -0.2) is 13.3 Å². The van der Waals surface area contributed by atoms with Crippen molar-refractivity contribution in [2.45, 2.75) is 34.6 Å². The van der Waals surface area contributed by atoms with Crippen LogP contribution in [0.1, 0.15) is 34.6 Å². The quantitative estimate of drug-likeness (QED) is 0.442. The molecule has 0 aromatic rings. The summed E-state index contributed by atoms with van der Waals surface area (Å²) in [5.41, 5.74) is 1.63. The maximum atomic E-state index is 4.09. The highest BCUT2D eigenvalue weighted by Crippen LogP contribution is 2.26. The highest BCUT2D eigenvalue weighted by molar-refractivity contribution is 5.64. The van der Waals surface area contributed by atoms with Gasteiger partial charge in [0.2, 0.25) is 0 Å². The minimum Gasteiger partial charge on any atom is -0.300 e. The smallest absolute Gasteiger partial charge is 0.0273 e. The van der Waals surface area contributed by atoms with E-state index in [1.165, 1.54) is 5.57 Å². The summed E-state index contributed by atoms with van der Waals surface area (Å²) in [6, 6.07) is 0. The number of hydrogen-bond donors (Lipinski definition) is 0. The van der Waals surface area contributed by atoms with Gasteiger partial charge in [-0.15, -0.1) is 0 Å². The lowest BCUT2D eigenvalue weighted by Crippen LogP contribution is -2.19. The van der Waals surface area contributed by atoms with Gasteiger partial charge < -0.3 is 4.99 Å². The third-order valence-corrected chi connectivity index (χ3v) is 1.82. The van der Waals surface area contributed by atoms with Crippen molar-refractivity contribution in [3.05, 3.63) is 11.6 Å². The van der Waals surface area contributed by atoms with Crippen molar-refractivity contribution in [1.82, 2.24) is 0 Å². The first-order valence-corrected chi connectivity index (χ1v) is 4.45. The Bertz CT molecular complexity index is 178. The van der Waals surface area contributed by atoms with Crippen LogP contribution < -0.4 is 0 Å². The highest BCUT2D eigenvalue weighted by Gasteiger charge is 2.19. The minimum absolute atomic E-state index is 0.275. The molecule has 0 rings (SSSR count). The van der Waals surface area contributed by atoms with Gasteiger partial charge in [0.15, 0.2) is 0 Å². The molecule has 70 valence electrons. The van der Waals surface area contributed by atoms with Gasteiger partial charge in [-0.1, -0.05) is 32.4 Å². The van der Waals surface area contributed by atoms with Crippen molar-refractivity contribution in [3.8, 4) is 0 Å². The topological polar surface area (TPSA) is 12.4 Å². The summed E-state index contributed by atoms with van der Waals surface area (Å²) in [4.78, 5) is 4.09. The second-order valence-electron chi connectivity index (χ2n) is 4.54. The molecule has 0 aliphatic carbocycles. The van der Waals surface area contributed by atoms with Crippen LogP contribution in [0.15, 0.2) is 16.6 Å². The highest BCUT2D eigenvalue weighted by atomic mass is 14.6. The Balaban J connectivity index is 4.57. The summed E-state index contributed by atoms with van der Waals surface area (Å²) in [6.07, 6.45) is 4.29. The van der Waals surface area contributed by atoms with E-state index in [0.717, 1.165) is 0 Å². The van der Waals surface area contributed by atoms with Crippen LogP contribution in [0.3, 0.4) is 0 Å². The molecule has 0 amide bonds. The third-order valence-electron chi connectivity index (χ3n) is 1.82. The lowest BCUT2D eigenvalue weighted by molar-refractivity contribution is 0.365. The fourth-order valence-corrected chi connectivity index (χ4v) is 1.04. The molecule has 12 heavy (non-hydrogen) atoms. The molecule has 0 saturated carbocycles. The Hall–Kier alpha value is -0.590. The molecule has 1 atom stereocenters. The van der Waals surface area contributed by atoms with E-state index in [-0.39, 0.29) is 5.41 Å². The number of rotatable bonds is 2. The zero-order valence-corrected chi connectivity index (χ0v) is 9.18. The summed E-state index contributed by atoms with van der Waals surface area (Å²) < 4.78 is 0. The molecule has 0 fully saturated rings. The first-order chi connectivity index (χ1) is 5.38. The van der Waals surface area contributed by atoms with Gasteiger partial charge in [0.25, 0.3) is 0 Å². The number of allylic oxidation sites excluding steroid dienone is 2. The second kappa shape index (κ2) is 4.44. The Morgan fingerprint density at radius 1 is 1.25 bits per heavy atom. The standard InChI is InChI=1S/C11H21N/c1-9(2)7-10(8-12-6)11(3,4)5/h7-8,10H,1-6H3. The molecule has 1 nitrogen and oxygen atoms in total. The maximum absolute atomic E-state index is 4.09. The number of aliphatic imine (C=N–C) groups is 1. The third kappa shape index (κ3) is 4.32. The molecule has 0 saturated heterocycles. The van der Waals surface area contributed by atoms with Gasteiger partial charge >= 0.3 is 0 Å². The van der Waals surface area contributed by atoms with Crippen LogP contribution in [0.5, 0.6) is 0 Å². The predicted octanol–water partition coefficient (Wildman–Crippen LogP) is 3.32. The molecule has 0 radical (unpaired) electrons. The van der Waals surface area contributed by atoms with Gasteiger partial charge in [-0.3, -0.25) is 0 Å². The van der Waals surface area contributed by atoms with E-state index in [4.69, 9.17) is 0 Å². The molecule has 0 heterocycles. The second-order valence-corrected chi connectivity index (χ2v) is 4.54. The first-order valence-electron chi connectivity index (χ1n) is 4.45.